The number of hydrogen-bond acceptors (Lipinski definition) is 0. The van der Waals surface area contributed by atoms with Crippen molar-refractivity contribution < 1.29 is 0 Å². The Kier molecular flexibility index (Phi) is 1.56. The predicted molar refractivity (Wildman–Crippen MR) is 51.2 cm³/mol. The molecule has 0 aliphatic rings. The van der Waals surface area contributed by atoms with Crippen LogP contribution in [-0.2, 0) is 0 Å². The molecular formula is C10H6ClN. The predicted octanol–water partition coefficient (Wildman–Crippen LogP) is 2.80. The number of halogens is 1. The lowest BCUT2D eigenvalue weighted by atomic mass is 10.2. The van der Waals surface area contributed by atoms with E-state index in [0.717, 1.165) is 16.5 Å². The Bertz CT molecular complexity index is 462. The summed E-state index contributed by atoms with van der Waals surface area (Å²) in [6.45, 7) is 0. The van der Waals surface area contributed by atoms with Crippen LogP contribution in [-0.4, -0.2) is 4.98 Å². The topological polar surface area (TPSA) is 15.8 Å². The fraction of sp³-hybridized carbons (Fsp3) is 0. The summed E-state index contributed by atoms with van der Waals surface area (Å²) >= 11 is 5.97. The molecule has 2 aromatic rings. The van der Waals surface area contributed by atoms with Gasteiger partial charge < -0.3 is 4.98 Å². The highest BCUT2D eigenvalue weighted by molar-refractivity contribution is 6.35. The number of aromatic amines is 1. The van der Waals surface area contributed by atoms with E-state index in [1.165, 1.54) is 0 Å². The van der Waals surface area contributed by atoms with Crippen molar-refractivity contribution in [1.29, 1.82) is 0 Å². The van der Waals surface area contributed by atoms with Crippen LogP contribution >= 0.6 is 11.6 Å². The first-order chi connectivity index (χ1) is 5.83. The van der Waals surface area contributed by atoms with Crippen LogP contribution in [0.2, 0.25) is 5.02 Å². The van der Waals surface area contributed by atoms with E-state index >= 15 is 0 Å². The van der Waals surface area contributed by atoms with Crippen molar-refractivity contribution >= 4 is 22.5 Å². The van der Waals surface area contributed by atoms with Crippen molar-refractivity contribution in [2.24, 2.45) is 0 Å². The molecule has 0 bridgehead atoms. The number of H-pyrrole nitrogens is 1. The first-order valence-corrected chi connectivity index (χ1v) is 3.93. The zero-order valence-corrected chi connectivity index (χ0v) is 7.02. The van der Waals surface area contributed by atoms with Gasteiger partial charge in [-0.3, -0.25) is 0 Å². The molecule has 0 unspecified atom stereocenters. The number of aromatic nitrogens is 1. The fourth-order valence-electron chi connectivity index (χ4n) is 1.25. The lowest BCUT2D eigenvalue weighted by molar-refractivity contribution is 1.47. The van der Waals surface area contributed by atoms with Gasteiger partial charge in [0.15, 0.2) is 0 Å². The highest BCUT2D eigenvalue weighted by Gasteiger charge is 2.03. The first-order valence-electron chi connectivity index (χ1n) is 3.55. The zero-order valence-electron chi connectivity index (χ0n) is 6.26. The Morgan fingerprint density at radius 3 is 3.00 bits per heavy atom. The number of fused-ring (bicyclic) bond motifs is 1. The molecule has 0 aliphatic carbocycles. The van der Waals surface area contributed by atoms with E-state index in [0.29, 0.717) is 5.02 Å². The van der Waals surface area contributed by atoms with Crippen LogP contribution in [0.4, 0.5) is 0 Å². The van der Waals surface area contributed by atoms with Gasteiger partial charge in [0.05, 0.1) is 10.6 Å². The Morgan fingerprint density at radius 2 is 2.25 bits per heavy atom. The highest BCUT2D eigenvalue weighted by atomic mass is 35.5. The monoisotopic (exact) mass is 175 g/mol. The summed E-state index contributed by atoms with van der Waals surface area (Å²) in [5.74, 6) is 2.58. The quantitative estimate of drug-likeness (QED) is 0.593. The van der Waals surface area contributed by atoms with Gasteiger partial charge in [0.2, 0.25) is 0 Å². The molecule has 1 nitrogen and oxygen atoms in total. The van der Waals surface area contributed by atoms with E-state index in [9.17, 15) is 0 Å². The molecule has 1 aromatic heterocycles. The van der Waals surface area contributed by atoms with Gasteiger partial charge in [-0.15, -0.1) is 6.42 Å². The molecule has 1 aromatic carbocycles. The van der Waals surface area contributed by atoms with E-state index in [1.807, 2.05) is 18.2 Å². The molecule has 0 amide bonds. The third-order valence-corrected chi connectivity index (χ3v) is 2.13. The standard InChI is InChI=1S/C10H6ClN/c1-2-7-6-12-9-5-3-4-8(11)10(7)9/h1,3-6,12H. The number of rotatable bonds is 0. The number of benzene rings is 1. The fourth-order valence-corrected chi connectivity index (χ4v) is 1.53. The van der Waals surface area contributed by atoms with E-state index in [2.05, 4.69) is 10.9 Å². The Morgan fingerprint density at radius 1 is 1.42 bits per heavy atom. The van der Waals surface area contributed by atoms with Gasteiger partial charge in [0.25, 0.3) is 0 Å². The van der Waals surface area contributed by atoms with Crippen molar-refractivity contribution in [1.82, 2.24) is 4.98 Å². The van der Waals surface area contributed by atoms with Gasteiger partial charge in [0, 0.05) is 17.1 Å². The second-order valence-electron chi connectivity index (χ2n) is 2.51. The summed E-state index contributed by atoms with van der Waals surface area (Å²) in [6.07, 6.45) is 7.09. The number of nitrogens with one attached hydrogen (secondary N) is 1. The number of hydrogen-bond donors (Lipinski definition) is 1. The summed E-state index contributed by atoms with van der Waals surface area (Å²) in [5, 5.41) is 1.63. The minimum atomic E-state index is 0.696. The maximum atomic E-state index is 5.97. The van der Waals surface area contributed by atoms with Crippen LogP contribution in [0.25, 0.3) is 10.9 Å². The van der Waals surface area contributed by atoms with E-state index in [1.54, 1.807) is 6.20 Å². The summed E-state index contributed by atoms with van der Waals surface area (Å²) in [4.78, 5) is 3.05. The third kappa shape index (κ3) is 0.895. The van der Waals surface area contributed by atoms with Crippen LogP contribution < -0.4 is 0 Å². The zero-order chi connectivity index (χ0) is 8.55. The van der Waals surface area contributed by atoms with Gasteiger partial charge >= 0.3 is 0 Å². The molecule has 0 spiro atoms. The smallest absolute Gasteiger partial charge is 0.0512 e. The molecule has 0 radical (unpaired) electrons. The molecule has 2 heteroatoms. The van der Waals surface area contributed by atoms with E-state index in [-0.39, 0.29) is 0 Å². The van der Waals surface area contributed by atoms with Crippen molar-refractivity contribution in [3.8, 4) is 12.3 Å². The van der Waals surface area contributed by atoms with Crippen molar-refractivity contribution in [3.63, 3.8) is 0 Å². The Labute approximate surface area is 75.4 Å². The van der Waals surface area contributed by atoms with E-state index < -0.39 is 0 Å². The van der Waals surface area contributed by atoms with Gasteiger partial charge in [0.1, 0.15) is 0 Å². The largest absolute Gasteiger partial charge is 0.360 e. The lowest BCUT2D eigenvalue weighted by Gasteiger charge is -1.92. The van der Waals surface area contributed by atoms with Crippen molar-refractivity contribution in [3.05, 3.63) is 35.0 Å². The Balaban J connectivity index is 2.95. The summed E-state index contributed by atoms with van der Waals surface area (Å²) in [5.41, 5.74) is 1.80. The maximum Gasteiger partial charge on any atom is 0.0512 e. The molecule has 0 atom stereocenters. The summed E-state index contributed by atoms with van der Waals surface area (Å²) in [6, 6.07) is 5.67. The molecule has 0 saturated carbocycles. The van der Waals surface area contributed by atoms with Crippen LogP contribution in [0.15, 0.2) is 24.4 Å². The number of terminal acetylenes is 1. The average Bonchev–Trinajstić information content (AvgIpc) is 2.49. The van der Waals surface area contributed by atoms with Crippen molar-refractivity contribution in [2.45, 2.75) is 0 Å². The van der Waals surface area contributed by atoms with Gasteiger partial charge in [-0.05, 0) is 12.1 Å². The van der Waals surface area contributed by atoms with Crippen LogP contribution in [0.5, 0.6) is 0 Å². The molecule has 0 aliphatic heterocycles. The SMILES string of the molecule is C#Cc1c[nH]c2cccc(Cl)c12. The molecule has 12 heavy (non-hydrogen) atoms. The summed E-state index contributed by atoms with van der Waals surface area (Å²) < 4.78 is 0. The highest BCUT2D eigenvalue weighted by Crippen LogP contribution is 2.25. The third-order valence-electron chi connectivity index (χ3n) is 1.81. The second-order valence-corrected chi connectivity index (χ2v) is 2.92. The minimum Gasteiger partial charge on any atom is -0.360 e. The molecule has 2 rings (SSSR count). The average molecular weight is 176 g/mol. The first kappa shape index (κ1) is 7.27. The molecular weight excluding hydrogens is 170 g/mol. The van der Waals surface area contributed by atoms with Crippen LogP contribution in [0.3, 0.4) is 0 Å². The van der Waals surface area contributed by atoms with Crippen LogP contribution in [0, 0.1) is 12.3 Å². The Hall–Kier alpha value is -1.39. The lowest BCUT2D eigenvalue weighted by Crippen LogP contribution is -1.71. The molecule has 1 heterocycles. The minimum absolute atomic E-state index is 0.696. The molecule has 0 saturated heterocycles. The van der Waals surface area contributed by atoms with Crippen molar-refractivity contribution in [2.75, 3.05) is 0 Å². The van der Waals surface area contributed by atoms with Crippen LogP contribution in [0.1, 0.15) is 5.56 Å². The molecule has 1 N–H and O–H groups in total. The van der Waals surface area contributed by atoms with Gasteiger partial charge in [-0.1, -0.05) is 23.6 Å². The summed E-state index contributed by atoms with van der Waals surface area (Å²) in [7, 11) is 0. The molecule has 0 fully saturated rings. The van der Waals surface area contributed by atoms with E-state index in [4.69, 9.17) is 18.0 Å². The second kappa shape index (κ2) is 2.58. The van der Waals surface area contributed by atoms with Gasteiger partial charge in [-0.25, -0.2) is 0 Å². The van der Waals surface area contributed by atoms with Gasteiger partial charge in [-0.2, -0.15) is 0 Å². The maximum absolute atomic E-state index is 5.97. The normalized spacial score (nSPS) is 10.0. The molecule has 58 valence electrons.